The van der Waals surface area contributed by atoms with E-state index in [1.165, 1.54) is 0 Å². The molecule has 0 spiro atoms. The van der Waals surface area contributed by atoms with Gasteiger partial charge in [-0.3, -0.25) is 0 Å². The Balaban J connectivity index is 3.56. The van der Waals surface area contributed by atoms with Crippen LogP contribution in [0.25, 0.3) is 0 Å². The molecular weight excluding hydrogens is 162 g/mol. The highest BCUT2D eigenvalue weighted by Gasteiger charge is 1.82. The maximum Gasteiger partial charge on any atom is 0.0761 e. The molecule has 0 radical (unpaired) electrons. The van der Waals surface area contributed by atoms with Crippen LogP contribution in [0.4, 0.5) is 0 Å². The molecule has 0 aliphatic carbocycles. The van der Waals surface area contributed by atoms with Crippen molar-refractivity contribution in [3.63, 3.8) is 0 Å². The Kier molecular flexibility index (Phi) is 5.35. The molecule has 0 atom stereocenters. The molecule has 0 amide bonds. The van der Waals surface area contributed by atoms with Crippen molar-refractivity contribution in [3.8, 4) is 0 Å². The predicted molar refractivity (Wildman–Crippen MR) is 53.4 cm³/mol. The second kappa shape index (κ2) is 5.50. The summed E-state index contributed by atoms with van der Waals surface area (Å²) in [5.41, 5.74) is 0. The molecule has 0 saturated heterocycles. The summed E-state index contributed by atoms with van der Waals surface area (Å²) in [6.45, 7) is 3.85. The van der Waals surface area contributed by atoms with Crippen LogP contribution in [0.5, 0.6) is 0 Å². The third-order valence-corrected chi connectivity index (χ3v) is 1.45. The van der Waals surface area contributed by atoms with Crippen molar-refractivity contribution in [1.82, 2.24) is 5.32 Å². The summed E-state index contributed by atoms with van der Waals surface area (Å²) in [7, 11) is 0. The van der Waals surface area contributed by atoms with Gasteiger partial charge in [-0.1, -0.05) is 31.4 Å². The van der Waals surface area contributed by atoms with Crippen molar-refractivity contribution in [1.29, 1.82) is 0 Å². The number of rotatable bonds is 3. The lowest BCUT2D eigenvalue weighted by Gasteiger charge is -1.93. The topological polar surface area (TPSA) is 12.0 Å². The zero-order valence-electron chi connectivity index (χ0n) is 6.18. The van der Waals surface area contributed by atoms with E-state index in [2.05, 4.69) is 5.32 Å². The van der Waals surface area contributed by atoms with E-state index in [0.29, 0.717) is 0 Å². The molecule has 0 aliphatic heterocycles. The number of thiocarbonyl (C=S) groups is 2. The second-order valence-corrected chi connectivity index (χ2v) is 2.99. The summed E-state index contributed by atoms with van der Waals surface area (Å²) in [5, 5.41) is 2.87. The van der Waals surface area contributed by atoms with Gasteiger partial charge < -0.3 is 5.32 Å². The van der Waals surface area contributed by atoms with Crippen LogP contribution in [-0.4, -0.2) is 9.85 Å². The molecule has 0 unspecified atom stereocenters. The first-order chi connectivity index (χ1) is 4.66. The predicted octanol–water partition coefficient (Wildman–Crippen LogP) is 2.22. The molecule has 10 heavy (non-hydrogen) atoms. The maximum absolute atomic E-state index is 4.94. The largest absolute Gasteiger partial charge is 0.356 e. The Morgan fingerprint density at radius 2 is 2.10 bits per heavy atom. The van der Waals surface area contributed by atoms with Gasteiger partial charge in [0.1, 0.15) is 0 Å². The summed E-state index contributed by atoms with van der Waals surface area (Å²) < 4.78 is 0. The fraction of sp³-hybridized carbons (Fsp3) is 0.429. The molecule has 0 aromatic heterocycles. The van der Waals surface area contributed by atoms with Gasteiger partial charge in [0.2, 0.25) is 0 Å². The fourth-order valence-electron chi connectivity index (χ4n) is 0.370. The van der Waals surface area contributed by atoms with Crippen molar-refractivity contribution in [2.24, 2.45) is 0 Å². The van der Waals surface area contributed by atoms with E-state index in [0.717, 1.165) is 16.3 Å². The molecule has 0 bridgehead atoms. The molecule has 56 valence electrons. The van der Waals surface area contributed by atoms with Crippen molar-refractivity contribution in [2.45, 2.75) is 20.3 Å². The zero-order valence-corrected chi connectivity index (χ0v) is 7.81. The standard InChI is InChI=1S/C7H11NS2/c1-3-7(10)4-5-8-6(2)9/h4-5H,3H2,1-2H3,(H,8,9). The minimum absolute atomic E-state index is 0.759. The average Bonchev–Trinajstić information content (AvgIpc) is 1.87. The van der Waals surface area contributed by atoms with Crippen LogP contribution in [-0.2, 0) is 0 Å². The number of nitrogens with one attached hydrogen (secondary N) is 1. The van der Waals surface area contributed by atoms with E-state index in [4.69, 9.17) is 24.4 Å². The third-order valence-electron chi connectivity index (χ3n) is 0.904. The van der Waals surface area contributed by atoms with E-state index in [1.807, 2.05) is 19.9 Å². The molecule has 0 rings (SSSR count). The molecule has 1 N–H and O–H groups in total. The summed E-state index contributed by atoms with van der Waals surface area (Å²) in [6, 6.07) is 0. The van der Waals surface area contributed by atoms with Crippen LogP contribution in [0, 0.1) is 0 Å². The molecular formula is C7H11NS2. The normalized spacial score (nSPS) is 9.80. The zero-order chi connectivity index (χ0) is 7.98. The molecule has 0 heterocycles. The molecule has 0 saturated carbocycles. The van der Waals surface area contributed by atoms with Gasteiger partial charge in [-0.25, -0.2) is 0 Å². The van der Waals surface area contributed by atoms with E-state index in [9.17, 15) is 0 Å². The lowest BCUT2D eigenvalue weighted by Crippen LogP contribution is -2.09. The average molecular weight is 173 g/mol. The second-order valence-electron chi connectivity index (χ2n) is 1.85. The summed E-state index contributed by atoms with van der Waals surface area (Å²) in [6.07, 6.45) is 4.53. The molecule has 0 fully saturated rings. The Morgan fingerprint density at radius 3 is 2.50 bits per heavy atom. The fourth-order valence-corrected chi connectivity index (χ4v) is 0.506. The highest BCUT2D eigenvalue weighted by atomic mass is 32.1. The first-order valence-electron chi connectivity index (χ1n) is 3.13. The molecule has 0 aromatic rings. The lowest BCUT2D eigenvalue weighted by molar-refractivity contribution is 1.28. The van der Waals surface area contributed by atoms with Crippen molar-refractivity contribution >= 4 is 34.3 Å². The van der Waals surface area contributed by atoms with Crippen LogP contribution in [0.2, 0.25) is 0 Å². The minimum atomic E-state index is 0.759. The summed E-state index contributed by atoms with van der Waals surface area (Å²) in [5.74, 6) is 0. The van der Waals surface area contributed by atoms with Crippen molar-refractivity contribution in [2.75, 3.05) is 0 Å². The number of allylic oxidation sites excluding steroid dienone is 1. The lowest BCUT2D eigenvalue weighted by atomic mass is 10.3. The first-order valence-corrected chi connectivity index (χ1v) is 3.95. The highest BCUT2D eigenvalue weighted by Crippen LogP contribution is 1.85. The summed E-state index contributed by atoms with van der Waals surface area (Å²) in [4.78, 5) is 1.69. The number of hydrogen-bond donors (Lipinski definition) is 1. The Hall–Kier alpha value is -0.280. The Labute approximate surface area is 72.5 Å². The van der Waals surface area contributed by atoms with Gasteiger partial charge in [-0.05, 0) is 19.4 Å². The van der Waals surface area contributed by atoms with Gasteiger partial charge in [0.05, 0.1) is 4.99 Å². The molecule has 3 heteroatoms. The number of hydrogen-bond acceptors (Lipinski definition) is 2. The van der Waals surface area contributed by atoms with Crippen LogP contribution < -0.4 is 5.32 Å². The van der Waals surface area contributed by atoms with E-state index < -0.39 is 0 Å². The van der Waals surface area contributed by atoms with Crippen molar-refractivity contribution in [3.05, 3.63) is 12.3 Å². The van der Waals surface area contributed by atoms with E-state index in [1.54, 1.807) is 6.20 Å². The Morgan fingerprint density at radius 1 is 1.50 bits per heavy atom. The Bertz CT molecular complexity index is 161. The van der Waals surface area contributed by atoms with Gasteiger partial charge in [0.25, 0.3) is 0 Å². The van der Waals surface area contributed by atoms with Crippen LogP contribution in [0.1, 0.15) is 20.3 Å². The highest BCUT2D eigenvalue weighted by molar-refractivity contribution is 7.80. The third kappa shape index (κ3) is 5.85. The van der Waals surface area contributed by atoms with Crippen LogP contribution in [0.3, 0.4) is 0 Å². The van der Waals surface area contributed by atoms with Crippen molar-refractivity contribution < 1.29 is 0 Å². The van der Waals surface area contributed by atoms with Gasteiger partial charge >= 0.3 is 0 Å². The van der Waals surface area contributed by atoms with Crippen LogP contribution in [0.15, 0.2) is 12.3 Å². The quantitative estimate of drug-likeness (QED) is 0.519. The van der Waals surface area contributed by atoms with E-state index in [-0.39, 0.29) is 0 Å². The molecule has 0 aliphatic rings. The molecule has 0 aromatic carbocycles. The van der Waals surface area contributed by atoms with Gasteiger partial charge in [0, 0.05) is 11.1 Å². The van der Waals surface area contributed by atoms with Gasteiger partial charge in [-0.15, -0.1) is 0 Å². The van der Waals surface area contributed by atoms with Crippen LogP contribution >= 0.6 is 24.4 Å². The van der Waals surface area contributed by atoms with Gasteiger partial charge in [-0.2, -0.15) is 0 Å². The monoisotopic (exact) mass is 173 g/mol. The van der Waals surface area contributed by atoms with Gasteiger partial charge in [0.15, 0.2) is 0 Å². The SMILES string of the molecule is CCC(=S)C=CNC(C)=S. The first kappa shape index (κ1) is 9.72. The van der Waals surface area contributed by atoms with E-state index >= 15 is 0 Å². The molecule has 1 nitrogen and oxygen atoms in total. The minimum Gasteiger partial charge on any atom is -0.356 e. The summed E-state index contributed by atoms with van der Waals surface area (Å²) >= 11 is 9.72. The smallest absolute Gasteiger partial charge is 0.0761 e. The maximum atomic E-state index is 4.94.